The van der Waals surface area contributed by atoms with Gasteiger partial charge in [-0.05, 0) is 81.9 Å². The SMILES string of the molecule is CCCCC/C=C\C/C=C\C/C=C\C/C=C\CCC(C)(C)C(=O)Oc1ccc(C(C)(C)C)cc1. The number of rotatable bonds is 15. The van der Waals surface area contributed by atoms with E-state index in [9.17, 15) is 4.79 Å². The maximum atomic E-state index is 12.6. The van der Waals surface area contributed by atoms with E-state index in [4.69, 9.17) is 4.74 Å². The van der Waals surface area contributed by atoms with Gasteiger partial charge in [-0.25, -0.2) is 0 Å². The Kier molecular flexibility index (Phi) is 14.2. The molecule has 188 valence electrons. The van der Waals surface area contributed by atoms with Gasteiger partial charge in [0.05, 0.1) is 5.41 Å². The molecule has 2 nitrogen and oxygen atoms in total. The number of benzene rings is 1. The van der Waals surface area contributed by atoms with Crippen molar-refractivity contribution in [2.75, 3.05) is 0 Å². The Bertz CT molecular complexity index is 798. The van der Waals surface area contributed by atoms with Gasteiger partial charge in [0, 0.05) is 0 Å². The molecule has 0 saturated carbocycles. The molecule has 0 fully saturated rings. The first-order valence-electron chi connectivity index (χ1n) is 13.1. The summed E-state index contributed by atoms with van der Waals surface area (Å²) in [6, 6.07) is 7.85. The zero-order valence-electron chi connectivity index (χ0n) is 22.6. The van der Waals surface area contributed by atoms with Crippen LogP contribution in [0.1, 0.15) is 105 Å². The van der Waals surface area contributed by atoms with Crippen LogP contribution in [0.2, 0.25) is 0 Å². The van der Waals surface area contributed by atoms with Crippen LogP contribution in [0.15, 0.2) is 72.9 Å². The van der Waals surface area contributed by atoms with Gasteiger partial charge in [0.15, 0.2) is 0 Å². The van der Waals surface area contributed by atoms with Crippen LogP contribution < -0.4 is 4.74 Å². The molecule has 0 atom stereocenters. The lowest BCUT2D eigenvalue weighted by Crippen LogP contribution is -2.28. The van der Waals surface area contributed by atoms with Crippen molar-refractivity contribution in [3.8, 4) is 5.75 Å². The second-order valence-corrected chi connectivity index (χ2v) is 10.7. The fraction of sp³-hybridized carbons (Fsp3) is 0.531. The van der Waals surface area contributed by atoms with E-state index < -0.39 is 5.41 Å². The van der Waals surface area contributed by atoms with Crippen LogP contribution in [-0.4, -0.2) is 5.97 Å². The molecule has 0 heterocycles. The van der Waals surface area contributed by atoms with E-state index in [0.29, 0.717) is 5.75 Å². The number of hydrogen-bond acceptors (Lipinski definition) is 2. The predicted molar refractivity (Wildman–Crippen MR) is 148 cm³/mol. The Labute approximate surface area is 209 Å². The van der Waals surface area contributed by atoms with Gasteiger partial charge in [0.2, 0.25) is 0 Å². The second kappa shape index (κ2) is 16.3. The molecule has 0 bridgehead atoms. The van der Waals surface area contributed by atoms with Crippen molar-refractivity contribution in [2.45, 2.75) is 105 Å². The van der Waals surface area contributed by atoms with Crippen molar-refractivity contribution in [1.82, 2.24) is 0 Å². The number of hydrogen-bond donors (Lipinski definition) is 0. The maximum absolute atomic E-state index is 12.6. The van der Waals surface area contributed by atoms with Crippen molar-refractivity contribution in [2.24, 2.45) is 5.41 Å². The Morgan fingerprint density at radius 3 is 1.74 bits per heavy atom. The first kappa shape index (κ1) is 29.7. The number of esters is 1. The van der Waals surface area contributed by atoms with E-state index in [-0.39, 0.29) is 11.4 Å². The molecule has 1 aromatic carbocycles. The Hall–Kier alpha value is -2.35. The van der Waals surface area contributed by atoms with E-state index in [1.165, 1.54) is 31.2 Å². The summed E-state index contributed by atoms with van der Waals surface area (Å²) in [5.41, 5.74) is 0.801. The number of carbonyl (C=O) groups is 1. The number of unbranched alkanes of at least 4 members (excludes halogenated alkanes) is 3. The molecular weight excluding hydrogens is 416 g/mol. The molecule has 0 aliphatic rings. The quantitative estimate of drug-likeness (QED) is 0.112. The molecular formula is C32H48O2. The molecule has 0 aromatic heterocycles. The molecule has 0 amide bonds. The van der Waals surface area contributed by atoms with Gasteiger partial charge < -0.3 is 4.74 Å². The fourth-order valence-corrected chi connectivity index (χ4v) is 3.38. The van der Waals surface area contributed by atoms with Crippen LogP contribution in [0.5, 0.6) is 5.75 Å². The highest BCUT2D eigenvalue weighted by atomic mass is 16.5. The smallest absolute Gasteiger partial charge is 0.316 e. The Morgan fingerprint density at radius 1 is 0.735 bits per heavy atom. The van der Waals surface area contributed by atoms with E-state index >= 15 is 0 Å². The summed E-state index contributed by atoms with van der Waals surface area (Å²) in [5.74, 6) is 0.440. The van der Waals surface area contributed by atoms with Gasteiger partial charge in [0.1, 0.15) is 5.75 Å². The second-order valence-electron chi connectivity index (χ2n) is 10.7. The highest BCUT2D eigenvalue weighted by Crippen LogP contribution is 2.28. The maximum Gasteiger partial charge on any atom is 0.316 e. The third kappa shape index (κ3) is 13.4. The fourth-order valence-electron chi connectivity index (χ4n) is 3.38. The molecule has 1 rings (SSSR count). The standard InChI is InChI=1S/C32H48O2/c1-7-8-9-10-11-12-13-14-15-16-17-18-19-20-21-22-27-32(5,6)30(33)34-29-25-23-28(24-26-29)31(2,3)4/h11-12,14-15,17-18,20-21,23-26H,7-10,13,16,19,22,27H2,1-6H3/b12-11-,15-14-,18-17-,21-20-. The van der Waals surface area contributed by atoms with Crippen LogP contribution in [-0.2, 0) is 10.2 Å². The molecule has 0 radical (unpaired) electrons. The molecule has 0 spiro atoms. The Balaban J connectivity index is 2.24. The minimum Gasteiger partial charge on any atom is -0.426 e. The molecule has 0 saturated heterocycles. The molecule has 0 aliphatic heterocycles. The van der Waals surface area contributed by atoms with Crippen LogP contribution >= 0.6 is 0 Å². The minimum absolute atomic E-state index is 0.0882. The third-order valence-corrected chi connectivity index (χ3v) is 5.88. The zero-order chi connectivity index (χ0) is 25.3. The predicted octanol–water partition coefficient (Wildman–Crippen LogP) is 9.67. The lowest BCUT2D eigenvalue weighted by Gasteiger charge is -2.22. The van der Waals surface area contributed by atoms with Crippen molar-refractivity contribution in [3.05, 3.63) is 78.4 Å². The first-order valence-corrected chi connectivity index (χ1v) is 13.1. The van der Waals surface area contributed by atoms with Crippen molar-refractivity contribution >= 4 is 5.97 Å². The van der Waals surface area contributed by atoms with E-state index in [2.05, 4.69) is 76.3 Å². The monoisotopic (exact) mass is 464 g/mol. The average molecular weight is 465 g/mol. The zero-order valence-corrected chi connectivity index (χ0v) is 22.6. The summed E-state index contributed by atoms with van der Waals surface area (Å²) < 4.78 is 5.64. The van der Waals surface area contributed by atoms with Crippen LogP contribution in [0.3, 0.4) is 0 Å². The summed E-state index contributed by atoms with van der Waals surface area (Å²) >= 11 is 0. The lowest BCUT2D eigenvalue weighted by atomic mass is 9.87. The largest absolute Gasteiger partial charge is 0.426 e. The van der Waals surface area contributed by atoms with Gasteiger partial charge in [-0.3, -0.25) is 4.79 Å². The van der Waals surface area contributed by atoms with E-state index in [1.54, 1.807) is 0 Å². The van der Waals surface area contributed by atoms with Crippen LogP contribution in [0.4, 0.5) is 0 Å². The Morgan fingerprint density at radius 2 is 1.24 bits per heavy atom. The molecule has 0 unspecified atom stereocenters. The van der Waals surface area contributed by atoms with Crippen LogP contribution in [0, 0.1) is 5.41 Å². The summed E-state index contributed by atoms with van der Waals surface area (Å²) in [7, 11) is 0. The third-order valence-electron chi connectivity index (χ3n) is 5.88. The number of carbonyl (C=O) groups excluding carboxylic acids is 1. The van der Waals surface area contributed by atoms with Gasteiger partial charge in [0.25, 0.3) is 0 Å². The minimum atomic E-state index is -0.516. The normalized spacial score (nSPS) is 13.1. The van der Waals surface area contributed by atoms with Gasteiger partial charge >= 0.3 is 5.97 Å². The number of allylic oxidation sites excluding steroid dienone is 8. The van der Waals surface area contributed by atoms with E-state index in [0.717, 1.165) is 32.1 Å². The lowest BCUT2D eigenvalue weighted by molar-refractivity contribution is -0.144. The highest BCUT2D eigenvalue weighted by Gasteiger charge is 2.29. The highest BCUT2D eigenvalue weighted by molar-refractivity contribution is 5.78. The molecule has 0 aliphatic carbocycles. The summed E-state index contributed by atoms with van der Waals surface area (Å²) in [4.78, 5) is 12.6. The van der Waals surface area contributed by atoms with Crippen molar-refractivity contribution < 1.29 is 9.53 Å². The van der Waals surface area contributed by atoms with Crippen LogP contribution in [0.25, 0.3) is 0 Å². The summed E-state index contributed by atoms with van der Waals surface area (Å²) in [6.45, 7) is 12.7. The summed E-state index contributed by atoms with van der Waals surface area (Å²) in [6.07, 6.45) is 27.4. The van der Waals surface area contributed by atoms with Gasteiger partial charge in [-0.15, -0.1) is 0 Å². The number of ether oxygens (including phenoxy) is 1. The van der Waals surface area contributed by atoms with Crippen molar-refractivity contribution in [3.63, 3.8) is 0 Å². The van der Waals surface area contributed by atoms with Gasteiger partial charge in [-0.2, -0.15) is 0 Å². The van der Waals surface area contributed by atoms with E-state index in [1.807, 2.05) is 38.1 Å². The molecule has 34 heavy (non-hydrogen) atoms. The van der Waals surface area contributed by atoms with Crippen molar-refractivity contribution in [1.29, 1.82) is 0 Å². The molecule has 2 heteroatoms. The first-order chi connectivity index (χ1) is 16.2. The summed E-state index contributed by atoms with van der Waals surface area (Å²) in [5, 5.41) is 0. The molecule has 0 N–H and O–H groups in total. The van der Waals surface area contributed by atoms with Gasteiger partial charge in [-0.1, -0.05) is 101 Å². The average Bonchev–Trinajstić information content (AvgIpc) is 2.78. The molecule has 1 aromatic rings. The topological polar surface area (TPSA) is 26.3 Å².